The largest absolute Gasteiger partial charge is 0.491 e. The van der Waals surface area contributed by atoms with Gasteiger partial charge in [-0.1, -0.05) is 32.9 Å². The first-order valence-electron chi connectivity index (χ1n) is 6.68. The van der Waals surface area contributed by atoms with Crippen molar-refractivity contribution in [3.05, 3.63) is 29.8 Å². The van der Waals surface area contributed by atoms with E-state index in [4.69, 9.17) is 14.6 Å². The number of Topliss-reactive ketones (excluding diaryl/α,β-unsaturated/α-hetero) is 1. The Kier molecular flexibility index (Phi) is 10.8. The van der Waals surface area contributed by atoms with Gasteiger partial charge >= 0.3 is 0 Å². The Morgan fingerprint density at radius 2 is 1.79 bits per heavy atom. The molecule has 0 spiro atoms. The predicted molar refractivity (Wildman–Crippen MR) is 75.3 cm³/mol. The second-order valence-electron chi connectivity index (χ2n) is 3.60. The first kappa shape index (κ1) is 17.6. The van der Waals surface area contributed by atoms with Crippen LogP contribution < -0.4 is 4.74 Å². The quantitative estimate of drug-likeness (QED) is 0.736. The van der Waals surface area contributed by atoms with Crippen molar-refractivity contribution in [1.82, 2.24) is 0 Å². The summed E-state index contributed by atoms with van der Waals surface area (Å²) in [7, 11) is 0. The number of aliphatic hydroxyl groups excluding tert-OH is 1. The van der Waals surface area contributed by atoms with E-state index < -0.39 is 0 Å². The van der Waals surface area contributed by atoms with E-state index in [1.807, 2.05) is 20.8 Å². The molecule has 0 aliphatic carbocycles. The zero-order chi connectivity index (χ0) is 14.5. The summed E-state index contributed by atoms with van der Waals surface area (Å²) < 4.78 is 10.5. The monoisotopic (exact) mass is 268 g/mol. The van der Waals surface area contributed by atoms with Crippen LogP contribution in [0, 0.1) is 0 Å². The summed E-state index contributed by atoms with van der Waals surface area (Å²) in [6.07, 6.45) is 0.503. The third kappa shape index (κ3) is 8.35. The smallest absolute Gasteiger partial charge is 0.158 e. The lowest BCUT2D eigenvalue weighted by Crippen LogP contribution is -2.12. The van der Waals surface area contributed by atoms with E-state index in [0.29, 0.717) is 19.6 Å². The Morgan fingerprint density at radius 1 is 1.16 bits per heavy atom. The van der Waals surface area contributed by atoms with Crippen LogP contribution in [0.15, 0.2) is 24.3 Å². The maximum atomic E-state index is 10.9. The summed E-state index contributed by atoms with van der Waals surface area (Å²) in [4.78, 5) is 10.9. The van der Waals surface area contributed by atoms with Crippen molar-refractivity contribution in [3.63, 3.8) is 0 Å². The number of hydrogen-bond donors (Lipinski definition) is 1. The number of rotatable bonds is 8. The van der Waals surface area contributed by atoms with E-state index in [0.717, 1.165) is 11.3 Å². The molecule has 0 aromatic heterocycles. The molecule has 19 heavy (non-hydrogen) atoms. The second-order valence-corrected chi connectivity index (χ2v) is 3.60. The molecule has 4 nitrogen and oxygen atoms in total. The third-order valence-corrected chi connectivity index (χ3v) is 2.26. The maximum absolute atomic E-state index is 10.9. The van der Waals surface area contributed by atoms with Gasteiger partial charge in [0.2, 0.25) is 0 Å². The molecule has 1 aromatic rings. The van der Waals surface area contributed by atoms with Crippen molar-refractivity contribution in [1.29, 1.82) is 0 Å². The van der Waals surface area contributed by atoms with Gasteiger partial charge in [-0.15, -0.1) is 0 Å². The van der Waals surface area contributed by atoms with Crippen LogP contribution in [0.25, 0.3) is 0 Å². The van der Waals surface area contributed by atoms with Crippen LogP contribution in [-0.4, -0.2) is 30.7 Å². The molecule has 0 saturated carbocycles. The Bertz CT molecular complexity index is 333. The highest BCUT2D eigenvalue weighted by Crippen LogP contribution is 2.11. The molecule has 0 atom stereocenters. The molecule has 0 fully saturated rings. The summed E-state index contributed by atoms with van der Waals surface area (Å²) in [5.74, 6) is 0.824. The van der Waals surface area contributed by atoms with E-state index >= 15 is 0 Å². The van der Waals surface area contributed by atoms with E-state index in [1.54, 1.807) is 24.3 Å². The maximum Gasteiger partial charge on any atom is 0.158 e. The molecule has 0 heterocycles. The molecule has 0 aliphatic heterocycles. The molecular formula is C15H24O4. The fraction of sp³-hybridized carbons (Fsp3) is 0.533. The standard InChI is InChI=1S/C13H18O4.C2H6/c1-2-12(15)10-16-7-8-17-13-5-3-11(9-14)4-6-13;1-2/h3-6,14H,2,7-10H2,1H3;1-2H3. The lowest BCUT2D eigenvalue weighted by molar-refractivity contribution is -0.123. The molecule has 0 aliphatic rings. The Hall–Kier alpha value is -1.39. The van der Waals surface area contributed by atoms with Gasteiger partial charge in [0.1, 0.15) is 19.0 Å². The van der Waals surface area contributed by atoms with Gasteiger partial charge in [-0.25, -0.2) is 0 Å². The number of carbonyl (C=O) groups is 1. The highest BCUT2D eigenvalue weighted by molar-refractivity contribution is 5.79. The van der Waals surface area contributed by atoms with Crippen molar-refractivity contribution in [2.45, 2.75) is 33.8 Å². The molecular weight excluding hydrogens is 244 g/mol. The average molecular weight is 268 g/mol. The predicted octanol–water partition coefficient (Wildman–Crippen LogP) is 2.58. The topological polar surface area (TPSA) is 55.8 Å². The zero-order valence-corrected chi connectivity index (χ0v) is 12.0. The minimum Gasteiger partial charge on any atom is -0.491 e. The molecule has 0 unspecified atom stereocenters. The minimum absolute atomic E-state index is 0.0303. The number of carbonyl (C=O) groups excluding carboxylic acids is 1. The molecule has 0 radical (unpaired) electrons. The van der Waals surface area contributed by atoms with Gasteiger partial charge in [0, 0.05) is 6.42 Å². The molecule has 4 heteroatoms. The Balaban J connectivity index is 0.00000154. The lowest BCUT2D eigenvalue weighted by Gasteiger charge is -2.07. The van der Waals surface area contributed by atoms with Crippen molar-refractivity contribution in [2.24, 2.45) is 0 Å². The normalized spacial score (nSPS) is 9.47. The van der Waals surface area contributed by atoms with Gasteiger partial charge in [-0.2, -0.15) is 0 Å². The summed E-state index contributed by atoms with van der Waals surface area (Å²) in [5.41, 5.74) is 0.849. The van der Waals surface area contributed by atoms with E-state index in [-0.39, 0.29) is 19.0 Å². The van der Waals surface area contributed by atoms with Crippen LogP contribution in [0.4, 0.5) is 0 Å². The zero-order valence-electron chi connectivity index (χ0n) is 12.0. The molecule has 0 bridgehead atoms. The number of ketones is 1. The van der Waals surface area contributed by atoms with Gasteiger partial charge < -0.3 is 14.6 Å². The number of aliphatic hydroxyl groups is 1. The first-order valence-corrected chi connectivity index (χ1v) is 6.68. The minimum atomic E-state index is 0.0303. The number of ether oxygens (including phenoxy) is 2. The van der Waals surface area contributed by atoms with Crippen LogP contribution >= 0.6 is 0 Å². The van der Waals surface area contributed by atoms with Crippen LogP contribution in [0.1, 0.15) is 32.8 Å². The molecule has 1 rings (SSSR count). The van der Waals surface area contributed by atoms with Gasteiger partial charge in [0.25, 0.3) is 0 Å². The van der Waals surface area contributed by atoms with E-state index in [9.17, 15) is 4.79 Å². The molecule has 108 valence electrons. The third-order valence-electron chi connectivity index (χ3n) is 2.26. The lowest BCUT2D eigenvalue weighted by atomic mass is 10.2. The number of hydrogen-bond acceptors (Lipinski definition) is 4. The summed E-state index contributed by atoms with van der Waals surface area (Å²) in [5, 5.41) is 8.86. The number of benzene rings is 1. The van der Waals surface area contributed by atoms with Crippen molar-refractivity contribution < 1.29 is 19.4 Å². The molecule has 0 saturated heterocycles. The van der Waals surface area contributed by atoms with Gasteiger partial charge in [0.05, 0.1) is 13.2 Å². The second kappa shape index (κ2) is 11.7. The highest BCUT2D eigenvalue weighted by atomic mass is 16.5. The van der Waals surface area contributed by atoms with Crippen LogP contribution in [0.2, 0.25) is 0 Å². The fourth-order valence-electron chi connectivity index (χ4n) is 1.20. The first-order chi connectivity index (χ1) is 9.26. The van der Waals surface area contributed by atoms with E-state index in [2.05, 4.69) is 0 Å². The summed E-state index contributed by atoms with van der Waals surface area (Å²) in [6, 6.07) is 7.19. The van der Waals surface area contributed by atoms with Crippen molar-refractivity contribution in [2.75, 3.05) is 19.8 Å². The fourth-order valence-corrected chi connectivity index (χ4v) is 1.20. The van der Waals surface area contributed by atoms with Gasteiger partial charge in [0.15, 0.2) is 5.78 Å². The van der Waals surface area contributed by atoms with Crippen molar-refractivity contribution in [3.8, 4) is 5.75 Å². The molecule has 1 aromatic carbocycles. The molecule has 1 N–H and O–H groups in total. The average Bonchev–Trinajstić information content (AvgIpc) is 2.49. The highest BCUT2D eigenvalue weighted by Gasteiger charge is 1.98. The van der Waals surface area contributed by atoms with Gasteiger partial charge in [-0.05, 0) is 17.7 Å². The van der Waals surface area contributed by atoms with Crippen LogP contribution in [-0.2, 0) is 16.1 Å². The molecule has 0 amide bonds. The van der Waals surface area contributed by atoms with Crippen LogP contribution in [0.5, 0.6) is 5.75 Å². The summed E-state index contributed by atoms with van der Waals surface area (Å²) >= 11 is 0. The van der Waals surface area contributed by atoms with Crippen molar-refractivity contribution >= 4 is 5.78 Å². The van der Waals surface area contributed by atoms with Gasteiger partial charge in [-0.3, -0.25) is 4.79 Å². The Labute approximate surface area is 115 Å². The summed E-state index contributed by atoms with van der Waals surface area (Å²) in [6.45, 7) is 6.81. The van der Waals surface area contributed by atoms with Crippen LogP contribution in [0.3, 0.4) is 0 Å². The van der Waals surface area contributed by atoms with E-state index in [1.165, 1.54) is 0 Å². The SMILES string of the molecule is CC.CCC(=O)COCCOc1ccc(CO)cc1. The Morgan fingerprint density at radius 3 is 2.32 bits per heavy atom.